The maximum atomic E-state index is 10.8. The van der Waals surface area contributed by atoms with Crippen molar-refractivity contribution >= 4 is 0 Å². The van der Waals surface area contributed by atoms with E-state index in [1.54, 1.807) is 0 Å². The lowest BCUT2D eigenvalue weighted by Gasteiger charge is -2.31. The summed E-state index contributed by atoms with van der Waals surface area (Å²) in [5.41, 5.74) is 3.99. The fourth-order valence-electron chi connectivity index (χ4n) is 4.06. The Kier molecular flexibility index (Phi) is 8.94. The van der Waals surface area contributed by atoms with Gasteiger partial charge in [0.2, 0.25) is 0 Å². The molecule has 1 N–H and O–H groups in total. The van der Waals surface area contributed by atoms with Crippen LogP contribution in [-0.2, 0) is 17.8 Å². The van der Waals surface area contributed by atoms with Gasteiger partial charge in [0, 0.05) is 51.2 Å². The van der Waals surface area contributed by atoms with Gasteiger partial charge in [-0.2, -0.15) is 0 Å². The molecule has 1 aliphatic rings. The van der Waals surface area contributed by atoms with Crippen molar-refractivity contribution < 1.29 is 9.84 Å². The van der Waals surface area contributed by atoms with Gasteiger partial charge in [-0.15, -0.1) is 0 Å². The van der Waals surface area contributed by atoms with Crippen molar-refractivity contribution in [3.05, 3.63) is 59.4 Å². The summed E-state index contributed by atoms with van der Waals surface area (Å²) in [6.07, 6.45) is 2.98. The number of aryl methyl sites for hydroxylation is 1. The Morgan fingerprint density at radius 2 is 1.87 bits per heavy atom. The number of aliphatic hydroxyl groups is 1. The molecular formula is C25H39N3O2. The lowest BCUT2D eigenvalue weighted by atomic mass is 10.1. The summed E-state index contributed by atoms with van der Waals surface area (Å²) in [6.45, 7) is 14.3. The summed E-state index contributed by atoms with van der Waals surface area (Å²) in [6, 6.07) is 13.0. The summed E-state index contributed by atoms with van der Waals surface area (Å²) in [5, 5.41) is 10.8. The van der Waals surface area contributed by atoms with Gasteiger partial charge in [0.15, 0.2) is 0 Å². The Hall–Kier alpha value is -1.66. The number of β-amino-alcohol motifs (C(OH)–C–C–N with tert-alkyl or cyclic N) is 1. The highest BCUT2D eigenvalue weighted by molar-refractivity contribution is 5.26. The normalized spacial score (nSPS) is 16.5. The number of aromatic nitrogens is 1. The molecule has 5 nitrogen and oxygen atoms in total. The van der Waals surface area contributed by atoms with Gasteiger partial charge >= 0.3 is 0 Å². The highest BCUT2D eigenvalue weighted by Gasteiger charge is 2.19. The summed E-state index contributed by atoms with van der Waals surface area (Å²) in [7, 11) is 0. The quantitative estimate of drug-likeness (QED) is 0.613. The Morgan fingerprint density at radius 1 is 1.10 bits per heavy atom. The Labute approximate surface area is 182 Å². The monoisotopic (exact) mass is 413 g/mol. The van der Waals surface area contributed by atoms with E-state index in [2.05, 4.69) is 77.7 Å². The highest BCUT2D eigenvalue weighted by atomic mass is 16.5. The van der Waals surface area contributed by atoms with Gasteiger partial charge in [0.1, 0.15) is 0 Å². The molecule has 0 bridgehead atoms. The molecule has 1 atom stereocenters. The van der Waals surface area contributed by atoms with Gasteiger partial charge in [0.25, 0.3) is 0 Å². The lowest BCUT2D eigenvalue weighted by molar-refractivity contribution is 0.00578. The molecule has 3 rings (SSSR count). The third-order valence-electron chi connectivity index (χ3n) is 5.98. The van der Waals surface area contributed by atoms with Crippen LogP contribution in [0.2, 0.25) is 0 Å². The second-order valence-corrected chi connectivity index (χ2v) is 9.04. The van der Waals surface area contributed by atoms with E-state index in [-0.39, 0.29) is 6.10 Å². The first kappa shape index (κ1) is 23.0. The van der Waals surface area contributed by atoms with Gasteiger partial charge in [0.05, 0.1) is 19.3 Å². The Morgan fingerprint density at radius 3 is 2.60 bits per heavy atom. The summed E-state index contributed by atoms with van der Waals surface area (Å²) in [5.74, 6) is 0.655. The van der Waals surface area contributed by atoms with E-state index >= 15 is 0 Å². The van der Waals surface area contributed by atoms with Gasteiger partial charge in [-0.05, 0) is 49.1 Å². The SMILES string of the molecule is Cc1ccccc1Cn1cccc1CN(CCC(C)C)C[C@H](O)CN1CCOCC1. The molecule has 0 spiro atoms. The van der Waals surface area contributed by atoms with Gasteiger partial charge in [-0.3, -0.25) is 9.80 Å². The van der Waals surface area contributed by atoms with E-state index in [0.29, 0.717) is 12.5 Å². The van der Waals surface area contributed by atoms with Crippen LogP contribution >= 0.6 is 0 Å². The molecule has 0 unspecified atom stereocenters. The Bertz CT molecular complexity index is 752. The van der Waals surface area contributed by atoms with Crippen LogP contribution in [0.4, 0.5) is 0 Å². The predicted octanol–water partition coefficient (Wildman–Crippen LogP) is 3.39. The molecule has 1 aromatic carbocycles. The van der Waals surface area contributed by atoms with Crippen LogP contribution in [0.25, 0.3) is 0 Å². The molecule has 0 aliphatic carbocycles. The zero-order valence-electron chi connectivity index (χ0n) is 19.0. The first-order valence-corrected chi connectivity index (χ1v) is 11.4. The molecule has 1 fully saturated rings. The van der Waals surface area contributed by atoms with Crippen molar-refractivity contribution in [3.63, 3.8) is 0 Å². The standard InChI is InChI=1S/C25H39N3O2/c1-21(2)10-12-27(20-25(29)19-26-13-15-30-16-14-26)18-24-9-6-11-28(24)17-23-8-5-4-7-22(23)3/h4-9,11,21,25,29H,10,12-20H2,1-3H3/t25-/m1/s1. The number of rotatable bonds is 11. The number of ether oxygens (including phenoxy) is 1. The molecule has 1 aromatic heterocycles. The zero-order valence-corrected chi connectivity index (χ0v) is 19.0. The van der Waals surface area contributed by atoms with E-state index < -0.39 is 0 Å². The zero-order chi connectivity index (χ0) is 21.3. The van der Waals surface area contributed by atoms with Crippen molar-refractivity contribution in [1.29, 1.82) is 0 Å². The summed E-state index contributed by atoms with van der Waals surface area (Å²) >= 11 is 0. The predicted molar refractivity (Wildman–Crippen MR) is 123 cm³/mol. The maximum absolute atomic E-state index is 10.8. The van der Waals surface area contributed by atoms with Crippen LogP contribution < -0.4 is 0 Å². The van der Waals surface area contributed by atoms with Crippen LogP contribution in [0.5, 0.6) is 0 Å². The number of morpholine rings is 1. The van der Waals surface area contributed by atoms with Crippen LogP contribution in [-0.4, -0.2) is 71.5 Å². The Balaban J connectivity index is 1.63. The fourth-order valence-corrected chi connectivity index (χ4v) is 4.06. The lowest BCUT2D eigenvalue weighted by Crippen LogP contribution is -2.44. The third-order valence-corrected chi connectivity index (χ3v) is 5.98. The molecule has 1 aliphatic heterocycles. The molecule has 166 valence electrons. The summed E-state index contributed by atoms with van der Waals surface area (Å²) in [4.78, 5) is 4.74. The van der Waals surface area contributed by atoms with E-state index in [1.807, 2.05) is 0 Å². The van der Waals surface area contributed by atoms with E-state index in [4.69, 9.17) is 4.74 Å². The third kappa shape index (κ3) is 7.24. The van der Waals surface area contributed by atoms with Crippen LogP contribution in [0.1, 0.15) is 37.1 Å². The average Bonchev–Trinajstić information content (AvgIpc) is 3.15. The number of nitrogens with zero attached hydrogens (tertiary/aromatic N) is 3. The van der Waals surface area contributed by atoms with Crippen molar-refractivity contribution in [2.24, 2.45) is 5.92 Å². The fraction of sp³-hybridized carbons (Fsp3) is 0.600. The smallest absolute Gasteiger partial charge is 0.0793 e. The van der Waals surface area contributed by atoms with E-state index in [1.165, 1.54) is 16.8 Å². The highest BCUT2D eigenvalue weighted by Crippen LogP contribution is 2.15. The molecule has 0 saturated carbocycles. The molecule has 5 heteroatoms. The van der Waals surface area contributed by atoms with Crippen molar-refractivity contribution in [3.8, 4) is 0 Å². The minimum Gasteiger partial charge on any atom is -0.390 e. The van der Waals surface area contributed by atoms with Crippen molar-refractivity contribution in [2.75, 3.05) is 45.9 Å². The van der Waals surface area contributed by atoms with Gasteiger partial charge in [-0.25, -0.2) is 0 Å². The second kappa shape index (κ2) is 11.7. The molecule has 0 radical (unpaired) electrons. The molecule has 2 heterocycles. The summed E-state index contributed by atoms with van der Waals surface area (Å²) < 4.78 is 7.78. The average molecular weight is 414 g/mol. The largest absolute Gasteiger partial charge is 0.390 e. The van der Waals surface area contributed by atoms with Gasteiger partial charge in [-0.1, -0.05) is 38.1 Å². The first-order valence-electron chi connectivity index (χ1n) is 11.4. The number of aliphatic hydroxyl groups excluding tert-OH is 1. The van der Waals surface area contributed by atoms with Crippen molar-refractivity contribution in [2.45, 2.75) is 46.4 Å². The molecule has 1 saturated heterocycles. The van der Waals surface area contributed by atoms with Crippen LogP contribution in [0.3, 0.4) is 0 Å². The van der Waals surface area contributed by atoms with Crippen molar-refractivity contribution in [1.82, 2.24) is 14.4 Å². The van der Waals surface area contributed by atoms with Crippen LogP contribution in [0, 0.1) is 12.8 Å². The first-order chi connectivity index (χ1) is 14.5. The molecular weight excluding hydrogens is 374 g/mol. The number of benzene rings is 1. The van der Waals surface area contributed by atoms with Crippen LogP contribution in [0.15, 0.2) is 42.6 Å². The minimum absolute atomic E-state index is 0.338. The maximum Gasteiger partial charge on any atom is 0.0793 e. The minimum atomic E-state index is -0.338. The second-order valence-electron chi connectivity index (χ2n) is 9.04. The molecule has 30 heavy (non-hydrogen) atoms. The van der Waals surface area contributed by atoms with E-state index in [0.717, 1.165) is 58.9 Å². The molecule has 0 amide bonds. The molecule has 2 aromatic rings. The number of hydrogen-bond donors (Lipinski definition) is 1. The van der Waals surface area contributed by atoms with Gasteiger partial charge < -0.3 is 14.4 Å². The topological polar surface area (TPSA) is 40.9 Å². The van der Waals surface area contributed by atoms with E-state index in [9.17, 15) is 5.11 Å². The number of hydrogen-bond acceptors (Lipinski definition) is 4.